The average Bonchev–Trinajstić information content (AvgIpc) is 2.62. The topological polar surface area (TPSA) is 56.5 Å². The van der Waals surface area contributed by atoms with Crippen molar-refractivity contribution in [1.82, 2.24) is 0 Å². The zero-order chi connectivity index (χ0) is 16.2. The fourth-order valence-electron chi connectivity index (χ4n) is 4.19. The average molecular weight is 310 g/mol. The maximum absolute atomic E-state index is 9.10. The normalized spacial score (nSPS) is 30.4. The third kappa shape index (κ3) is 3.39. The Hall–Kier alpha value is -1.88. The highest BCUT2D eigenvalue weighted by molar-refractivity contribution is 5.49. The summed E-state index contributed by atoms with van der Waals surface area (Å²) in [6.07, 6.45) is 8.91. The molecule has 4 nitrogen and oxygen atoms in total. The van der Waals surface area contributed by atoms with Gasteiger partial charge in [0.15, 0.2) is 0 Å². The molecule has 0 radical (unpaired) electrons. The smallest absolute Gasteiger partial charge is 0.132 e. The highest BCUT2D eigenvalue weighted by atomic mass is 15.3. The first-order valence-electron chi connectivity index (χ1n) is 8.89. The number of hydrogen-bond donors (Lipinski definition) is 2. The van der Waals surface area contributed by atoms with Crippen molar-refractivity contribution >= 4 is 0 Å². The van der Waals surface area contributed by atoms with Gasteiger partial charge in [-0.1, -0.05) is 6.08 Å². The number of hydrogen-bond acceptors (Lipinski definition) is 2. The van der Waals surface area contributed by atoms with Crippen LogP contribution in [0.3, 0.4) is 0 Å². The van der Waals surface area contributed by atoms with E-state index < -0.39 is 0 Å². The number of nitriles is 2. The van der Waals surface area contributed by atoms with Crippen LogP contribution in [0.15, 0.2) is 34.6 Å². The van der Waals surface area contributed by atoms with Crippen molar-refractivity contribution in [2.75, 3.05) is 32.7 Å². The van der Waals surface area contributed by atoms with E-state index in [1.54, 1.807) is 15.5 Å². The zero-order valence-corrected chi connectivity index (χ0v) is 14.0. The second kappa shape index (κ2) is 7.13. The largest absolute Gasteiger partial charge is 0.326 e. The summed E-state index contributed by atoms with van der Waals surface area (Å²) in [4.78, 5) is 3.37. The van der Waals surface area contributed by atoms with Gasteiger partial charge in [-0.05, 0) is 49.3 Å². The molecule has 2 aliphatic carbocycles. The molecule has 0 aromatic heterocycles. The van der Waals surface area contributed by atoms with E-state index in [9.17, 15) is 0 Å². The Morgan fingerprint density at radius 1 is 1.09 bits per heavy atom. The first-order valence-corrected chi connectivity index (χ1v) is 8.89. The van der Waals surface area contributed by atoms with E-state index in [4.69, 9.17) is 10.5 Å². The number of quaternary nitrogens is 2. The highest BCUT2D eigenvalue weighted by Gasteiger charge is 2.30. The number of rotatable bonds is 2. The van der Waals surface area contributed by atoms with Gasteiger partial charge in [0.1, 0.15) is 49.6 Å². The number of piperazine rings is 1. The van der Waals surface area contributed by atoms with Crippen LogP contribution in [-0.2, 0) is 0 Å². The van der Waals surface area contributed by atoms with E-state index in [1.165, 1.54) is 51.1 Å². The van der Waals surface area contributed by atoms with Crippen LogP contribution in [-0.4, -0.2) is 32.7 Å². The van der Waals surface area contributed by atoms with Gasteiger partial charge >= 0.3 is 0 Å². The molecule has 4 heteroatoms. The Bertz CT molecular complexity index is 617. The van der Waals surface area contributed by atoms with Crippen LogP contribution in [0.4, 0.5) is 0 Å². The third-order valence-electron chi connectivity index (χ3n) is 5.74. The minimum absolute atomic E-state index is 0.295. The van der Waals surface area contributed by atoms with Crippen molar-refractivity contribution in [3.05, 3.63) is 34.6 Å². The van der Waals surface area contributed by atoms with Gasteiger partial charge < -0.3 is 4.90 Å². The first kappa shape index (κ1) is 16.0. The van der Waals surface area contributed by atoms with Crippen molar-refractivity contribution in [2.24, 2.45) is 5.92 Å². The molecule has 3 aliphatic rings. The Kier molecular flexibility index (Phi) is 4.96. The predicted molar refractivity (Wildman–Crippen MR) is 88.3 cm³/mol. The zero-order valence-electron chi connectivity index (χ0n) is 14.0. The summed E-state index contributed by atoms with van der Waals surface area (Å²) in [6.45, 7) is 8.51. The molecule has 1 saturated heterocycles. The number of fused-ring (bicyclic) bond motifs is 1. The van der Waals surface area contributed by atoms with Crippen LogP contribution in [0.25, 0.3) is 0 Å². The van der Waals surface area contributed by atoms with Crippen molar-refractivity contribution in [1.29, 1.82) is 10.5 Å². The summed E-state index contributed by atoms with van der Waals surface area (Å²) in [5.41, 5.74) is 4.13. The van der Waals surface area contributed by atoms with Crippen molar-refractivity contribution in [3.63, 3.8) is 0 Å². The monoisotopic (exact) mass is 310 g/mol. The molecule has 120 valence electrons. The Balaban J connectivity index is 1.80. The van der Waals surface area contributed by atoms with Crippen molar-refractivity contribution in [2.45, 2.75) is 32.6 Å². The number of nitrogens with zero attached hydrogens (tertiary/aromatic N) is 2. The van der Waals surface area contributed by atoms with Crippen LogP contribution in [0.1, 0.15) is 32.6 Å². The third-order valence-corrected chi connectivity index (χ3v) is 5.74. The predicted octanol–water partition coefficient (Wildman–Crippen LogP) is 0.148. The number of allylic oxidation sites excluding steroid dienone is 6. The molecule has 0 bridgehead atoms. The number of likely N-dealkylation sites (N-methyl/N-ethyl adjacent to an activating group) is 1. The minimum Gasteiger partial charge on any atom is -0.326 e. The van der Waals surface area contributed by atoms with Crippen LogP contribution in [0, 0.1) is 28.6 Å². The van der Waals surface area contributed by atoms with Gasteiger partial charge in [-0.15, -0.1) is 0 Å². The van der Waals surface area contributed by atoms with E-state index >= 15 is 0 Å². The SMILES string of the molecule is CC[NH+]1CC[NH+](C2=CC3=CC(=C(C#N)C#N)CC[C@H]3CC2)CC1. The van der Waals surface area contributed by atoms with E-state index in [1.807, 2.05) is 12.1 Å². The summed E-state index contributed by atoms with van der Waals surface area (Å²) < 4.78 is 0. The van der Waals surface area contributed by atoms with E-state index in [-0.39, 0.29) is 0 Å². The Labute approximate surface area is 139 Å². The van der Waals surface area contributed by atoms with Gasteiger partial charge in [-0.2, -0.15) is 10.5 Å². The molecule has 1 aliphatic heterocycles. The second-order valence-corrected chi connectivity index (χ2v) is 6.92. The fraction of sp³-hybridized carbons (Fsp3) is 0.579. The lowest BCUT2D eigenvalue weighted by Gasteiger charge is -2.34. The van der Waals surface area contributed by atoms with E-state index in [2.05, 4.69) is 19.1 Å². The van der Waals surface area contributed by atoms with Crippen LogP contribution >= 0.6 is 0 Å². The molecule has 0 saturated carbocycles. The number of nitrogens with one attached hydrogen (secondary N) is 2. The molecule has 3 rings (SSSR count). The summed E-state index contributed by atoms with van der Waals surface area (Å²) in [5, 5.41) is 18.2. The summed E-state index contributed by atoms with van der Waals surface area (Å²) in [7, 11) is 0. The maximum atomic E-state index is 9.10. The summed E-state index contributed by atoms with van der Waals surface area (Å²) in [5.74, 6) is 0.628. The molecule has 0 aromatic rings. The molecule has 1 heterocycles. The second-order valence-electron chi connectivity index (χ2n) is 6.92. The Morgan fingerprint density at radius 2 is 1.78 bits per heavy atom. The van der Waals surface area contributed by atoms with Crippen molar-refractivity contribution < 1.29 is 9.80 Å². The fourth-order valence-corrected chi connectivity index (χ4v) is 4.19. The maximum Gasteiger partial charge on any atom is 0.132 e. The lowest BCUT2D eigenvalue weighted by Crippen LogP contribution is -3.27. The molecule has 1 atom stereocenters. The summed E-state index contributed by atoms with van der Waals surface area (Å²) >= 11 is 0. The molecule has 0 aromatic carbocycles. The molecule has 1 fully saturated rings. The minimum atomic E-state index is 0.295. The molecular weight excluding hydrogens is 284 g/mol. The van der Waals surface area contributed by atoms with E-state index in [0.29, 0.717) is 11.5 Å². The lowest BCUT2D eigenvalue weighted by atomic mass is 9.77. The quantitative estimate of drug-likeness (QED) is 0.713. The Morgan fingerprint density at radius 3 is 2.43 bits per heavy atom. The van der Waals surface area contributed by atoms with Gasteiger partial charge in [0.25, 0.3) is 0 Å². The van der Waals surface area contributed by atoms with Gasteiger partial charge in [-0.3, -0.25) is 4.90 Å². The highest BCUT2D eigenvalue weighted by Crippen LogP contribution is 2.36. The molecule has 0 spiro atoms. The van der Waals surface area contributed by atoms with Crippen LogP contribution < -0.4 is 9.80 Å². The summed E-state index contributed by atoms with van der Waals surface area (Å²) in [6, 6.07) is 4.10. The standard InChI is InChI=1S/C19H24N4/c1-2-22-7-9-23(10-8-22)19-6-5-15-3-4-16(11-17(15)12-19)18(13-20)14-21/h11-12,15H,2-10H2,1H3/p+2/t15-/m0/s1. The molecule has 0 amide bonds. The van der Waals surface area contributed by atoms with Gasteiger partial charge in [0.2, 0.25) is 0 Å². The van der Waals surface area contributed by atoms with E-state index in [0.717, 1.165) is 18.4 Å². The van der Waals surface area contributed by atoms with Crippen LogP contribution in [0.5, 0.6) is 0 Å². The van der Waals surface area contributed by atoms with Crippen molar-refractivity contribution in [3.8, 4) is 12.1 Å². The molecule has 23 heavy (non-hydrogen) atoms. The van der Waals surface area contributed by atoms with Gasteiger partial charge in [0.05, 0.1) is 6.54 Å². The molecule has 2 N–H and O–H groups in total. The lowest BCUT2D eigenvalue weighted by molar-refractivity contribution is -0.995. The van der Waals surface area contributed by atoms with Crippen LogP contribution in [0.2, 0.25) is 0 Å². The first-order chi connectivity index (χ1) is 11.2. The molecular formula is C19H26N4+2. The van der Waals surface area contributed by atoms with Gasteiger partial charge in [0, 0.05) is 6.42 Å². The van der Waals surface area contributed by atoms with Gasteiger partial charge in [-0.25, -0.2) is 0 Å². The molecule has 0 unspecified atom stereocenters.